The third-order valence-electron chi connectivity index (χ3n) is 2.09. The molecule has 0 saturated carbocycles. The second-order valence-corrected chi connectivity index (χ2v) is 3.17. The first-order valence-corrected chi connectivity index (χ1v) is 4.83. The van der Waals surface area contributed by atoms with Crippen LogP contribution in [0.15, 0.2) is 48.5 Å². The zero-order valence-corrected chi connectivity index (χ0v) is 9.94. The largest absolute Gasteiger partial charge is 2.00 e. The van der Waals surface area contributed by atoms with Gasteiger partial charge in [-0.05, 0) is 0 Å². The van der Waals surface area contributed by atoms with E-state index in [2.05, 4.69) is 13.0 Å². The molecular formula is C13H16FeO. The van der Waals surface area contributed by atoms with Crippen molar-refractivity contribution in [2.45, 2.75) is 13.3 Å². The Hall–Kier alpha value is -0.821. The molecule has 2 aromatic carbocycles. The van der Waals surface area contributed by atoms with Crippen molar-refractivity contribution in [3.05, 3.63) is 59.7 Å². The molecule has 1 N–H and O–H groups in total. The Labute approximate surface area is 102 Å². The van der Waals surface area contributed by atoms with Gasteiger partial charge in [0.15, 0.2) is 0 Å². The van der Waals surface area contributed by atoms with Gasteiger partial charge in [0, 0.05) is 6.61 Å². The van der Waals surface area contributed by atoms with Crippen molar-refractivity contribution in [2.75, 3.05) is 6.61 Å². The van der Waals surface area contributed by atoms with Crippen LogP contribution in [0.5, 0.6) is 0 Å². The SMILES string of the molecule is Cc1ccc[c-]1CCO.[Fe+2].c1cc[cH-]c1. The average molecular weight is 244 g/mol. The van der Waals surface area contributed by atoms with Crippen LogP contribution in [0.1, 0.15) is 11.1 Å². The van der Waals surface area contributed by atoms with E-state index in [9.17, 15) is 0 Å². The standard InChI is InChI=1S/C8H11O.C5H5.Fe/c1-7-3-2-4-8(7)5-6-9;1-2-4-5-3-1;/h2-4,9H,5-6H2,1H3;1-5H;/q2*-1;+2. The minimum atomic E-state index is 0. The van der Waals surface area contributed by atoms with E-state index in [-0.39, 0.29) is 23.7 Å². The summed E-state index contributed by atoms with van der Waals surface area (Å²) < 4.78 is 0. The van der Waals surface area contributed by atoms with Crippen molar-refractivity contribution >= 4 is 0 Å². The summed E-state index contributed by atoms with van der Waals surface area (Å²) in [5.41, 5.74) is 2.54. The Morgan fingerprint density at radius 1 is 1.27 bits per heavy atom. The summed E-state index contributed by atoms with van der Waals surface area (Å²) in [4.78, 5) is 0. The molecule has 0 saturated heterocycles. The maximum atomic E-state index is 8.56. The van der Waals surface area contributed by atoms with Crippen molar-refractivity contribution in [3.63, 3.8) is 0 Å². The third-order valence-corrected chi connectivity index (χ3v) is 2.09. The number of rotatable bonds is 2. The van der Waals surface area contributed by atoms with E-state index in [4.69, 9.17) is 5.11 Å². The van der Waals surface area contributed by atoms with Crippen LogP contribution in [0.25, 0.3) is 0 Å². The van der Waals surface area contributed by atoms with E-state index in [1.165, 1.54) is 11.1 Å². The van der Waals surface area contributed by atoms with E-state index in [0.717, 1.165) is 6.42 Å². The summed E-state index contributed by atoms with van der Waals surface area (Å²) in [6.45, 7) is 2.32. The van der Waals surface area contributed by atoms with Gasteiger partial charge in [-0.2, -0.15) is 35.4 Å². The molecular weight excluding hydrogens is 228 g/mol. The molecule has 0 heterocycles. The maximum Gasteiger partial charge on any atom is 2.00 e. The predicted octanol–water partition coefficient (Wildman–Crippen LogP) is 2.65. The summed E-state index contributed by atoms with van der Waals surface area (Å²) in [5.74, 6) is 0. The second-order valence-electron chi connectivity index (χ2n) is 3.17. The zero-order chi connectivity index (χ0) is 10.2. The third kappa shape index (κ3) is 5.58. The number of aliphatic hydroxyl groups is 1. The van der Waals surface area contributed by atoms with Gasteiger partial charge >= 0.3 is 17.1 Å². The monoisotopic (exact) mass is 244 g/mol. The van der Waals surface area contributed by atoms with Gasteiger partial charge in [-0.25, -0.2) is 24.3 Å². The summed E-state index contributed by atoms with van der Waals surface area (Å²) in [7, 11) is 0. The summed E-state index contributed by atoms with van der Waals surface area (Å²) in [5, 5.41) is 8.56. The van der Waals surface area contributed by atoms with E-state index < -0.39 is 0 Å². The summed E-state index contributed by atoms with van der Waals surface area (Å²) >= 11 is 0. The molecule has 2 heteroatoms. The summed E-state index contributed by atoms with van der Waals surface area (Å²) in [6.07, 6.45) is 0.791. The van der Waals surface area contributed by atoms with Crippen molar-refractivity contribution < 1.29 is 22.2 Å². The van der Waals surface area contributed by atoms with Crippen molar-refractivity contribution in [2.24, 2.45) is 0 Å². The van der Waals surface area contributed by atoms with Gasteiger partial charge in [-0.15, -0.1) is 0 Å². The first-order valence-electron chi connectivity index (χ1n) is 4.83. The van der Waals surface area contributed by atoms with E-state index in [1.54, 1.807) is 0 Å². The number of aryl methyl sites for hydroxylation is 1. The van der Waals surface area contributed by atoms with Gasteiger partial charge in [-0.3, -0.25) is 0 Å². The molecule has 1 nitrogen and oxygen atoms in total. The topological polar surface area (TPSA) is 20.2 Å². The van der Waals surface area contributed by atoms with Crippen LogP contribution in [-0.4, -0.2) is 11.7 Å². The Morgan fingerprint density at radius 3 is 2.27 bits per heavy atom. The normalized spacial score (nSPS) is 8.67. The minimum Gasteiger partial charge on any atom is -0.397 e. The fourth-order valence-electron chi connectivity index (χ4n) is 1.27. The fourth-order valence-corrected chi connectivity index (χ4v) is 1.27. The smallest absolute Gasteiger partial charge is 0.397 e. The molecule has 0 aliphatic heterocycles. The van der Waals surface area contributed by atoms with Crippen molar-refractivity contribution in [3.8, 4) is 0 Å². The first-order chi connectivity index (χ1) is 6.84. The molecule has 0 amide bonds. The Balaban J connectivity index is 0.000000280. The van der Waals surface area contributed by atoms with Gasteiger partial charge in [0.2, 0.25) is 0 Å². The van der Waals surface area contributed by atoms with Gasteiger partial charge < -0.3 is 5.11 Å². The van der Waals surface area contributed by atoms with Crippen LogP contribution >= 0.6 is 0 Å². The van der Waals surface area contributed by atoms with Gasteiger partial charge in [-0.1, -0.05) is 13.3 Å². The van der Waals surface area contributed by atoms with Crippen LogP contribution in [0.2, 0.25) is 0 Å². The Morgan fingerprint density at radius 2 is 1.93 bits per heavy atom. The van der Waals surface area contributed by atoms with Crippen LogP contribution in [0, 0.1) is 6.92 Å². The molecule has 2 rings (SSSR count). The molecule has 0 atom stereocenters. The molecule has 0 radical (unpaired) electrons. The van der Waals surface area contributed by atoms with E-state index >= 15 is 0 Å². The molecule has 0 bridgehead atoms. The summed E-state index contributed by atoms with van der Waals surface area (Å²) in [6, 6.07) is 16.1. The number of hydrogen-bond donors (Lipinski definition) is 1. The average Bonchev–Trinajstić information content (AvgIpc) is 2.81. The Kier molecular flexibility index (Phi) is 8.02. The molecule has 82 valence electrons. The quantitative estimate of drug-likeness (QED) is 0.636. The van der Waals surface area contributed by atoms with Crippen molar-refractivity contribution in [1.82, 2.24) is 0 Å². The van der Waals surface area contributed by atoms with E-state index in [0.29, 0.717) is 0 Å². The predicted molar refractivity (Wildman–Crippen MR) is 59.6 cm³/mol. The first kappa shape index (κ1) is 14.2. The molecule has 0 aliphatic carbocycles. The Bertz CT molecular complexity index is 305. The second kappa shape index (κ2) is 8.48. The van der Waals surface area contributed by atoms with Gasteiger partial charge in [0.05, 0.1) is 0 Å². The van der Waals surface area contributed by atoms with Crippen LogP contribution in [0.3, 0.4) is 0 Å². The van der Waals surface area contributed by atoms with E-state index in [1.807, 2.05) is 42.5 Å². The van der Waals surface area contributed by atoms with Crippen LogP contribution < -0.4 is 0 Å². The van der Waals surface area contributed by atoms with Crippen LogP contribution in [-0.2, 0) is 23.5 Å². The van der Waals surface area contributed by atoms with Crippen molar-refractivity contribution in [1.29, 1.82) is 0 Å². The molecule has 0 fully saturated rings. The molecule has 2 aromatic rings. The molecule has 15 heavy (non-hydrogen) atoms. The molecule has 0 unspecified atom stereocenters. The number of aliphatic hydroxyl groups excluding tert-OH is 1. The zero-order valence-electron chi connectivity index (χ0n) is 8.83. The van der Waals surface area contributed by atoms with Gasteiger partial charge in [0.1, 0.15) is 0 Å². The fraction of sp³-hybridized carbons (Fsp3) is 0.231. The molecule has 0 aromatic heterocycles. The van der Waals surface area contributed by atoms with Crippen LogP contribution in [0.4, 0.5) is 0 Å². The number of hydrogen-bond acceptors (Lipinski definition) is 1. The molecule has 0 aliphatic rings. The van der Waals surface area contributed by atoms with Gasteiger partial charge in [0.25, 0.3) is 0 Å². The minimum absolute atomic E-state index is 0. The molecule has 0 spiro atoms. The maximum absolute atomic E-state index is 8.56.